The summed E-state index contributed by atoms with van der Waals surface area (Å²) in [6.07, 6.45) is -38.3. The van der Waals surface area contributed by atoms with Gasteiger partial charge in [0.1, 0.15) is 122 Å². The lowest BCUT2D eigenvalue weighted by Gasteiger charge is -2.48. The smallest absolute Gasteiger partial charge is 0.187 e. The van der Waals surface area contributed by atoms with Crippen LogP contribution in [-0.2, 0) is 56.8 Å². The molecule has 79 heavy (non-hydrogen) atoms. The third-order valence-corrected chi connectivity index (χ3v) is 15.5. The van der Waals surface area contributed by atoms with Gasteiger partial charge in [0.05, 0.1) is 50.8 Å². The summed E-state index contributed by atoms with van der Waals surface area (Å²) < 4.78 is 70.9. The van der Waals surface area contributed by atoms with E-state index in [0.29, 0.717) is 19.3 Å². The van der Waals surface area contributed by atoms with Gasteiger partial charge < -0.3 is 139 Å². The van der Waals surface area contributed by atoms with Crippen molar-refractivity contribution in [3.63, 3.8) is 0 Å². The molecule has 28 heteroatoms. The highest BCUT2D eigenvalue weighted by molar-refractivity contribution is 5.05. The van der Waals surface area contributed by atoms with Crippen molar-refractivity contribution >= 4 is 0 Å². The predicted octanol–water partition coefficient (Wildman–Crippen LogP) is -5.49. The molecule has 0 radical (unpaired) electrons. The van der Waals surface area contributed by atoms with E-state index in [9.17, 15) is 81.7 Å². The second-order valence-corrected chi connectivity index (χ2v) is 21.9. The van der Waals surface area contributed by atoms with Gasteiger partial charge in [-0.15, -0.1) is 0 Å². The number of aliphatic hydroxyl groups is 16. The third kappa shape index (κ3) is 16.2. The van der Waals surface area contributed by atoms with Crippen molar-refractivity contribution in [1.29, 1.82) is 0 Å². The van der Waals surface area contributed by atoms with Gasteiger partial charge in [0.2, 0.25) is 0 Å². The van der Waals surface area contributed by atoms with Gasteiger partial charge in [0.15, 0.2) is 37.7 Å². The van der Waals surface area contributed by atoms with Crippen LogP contribution >= 0.6 is 0 Å². The number of rotatable bonds is 23. The Balaban J connectivity index is 1.04. The molecule has 31 atom stereocenters. The Morgan fingerprint density at radius 2 is 0.747 bits per heavy atom. The minimum Gasteiger partial charge on any atom is -0.394 e. The quantitative estimate of drug-likeness (QED) is 0.0424. The summed E-state index contributed by atoms with van der Waals surface area (Å²) >= 11 is 0. The van der Waals surface area contributed by atoms with E-state index in [2.05, 4.69) is 6.08 Å². The van der Waals surface area contributed by atoms with Crippen molar-refractivity contribution < 1.29 is 139 Å². The average Bonchev–Trinajstić information content (AvgIpc) is 3.50. The van der Waals surface area contributed by atoms with Crippen LogP contribution in [0.4, 0.5) is 0 Å². The number of hydrogen-bond acceptors (Lipinski definition) is 28. The molecule has 0 saturated carbocycles. The van der Waals surface area contributed by atoms with Crippen molar-refractivity contribution in [3.05, 3.63) is 23.3 Å². The summed E-state index contributed by atoms with van der Waals surface area (Å²) in [5, 5.41) is 170. The Morgan fingerprint density at radius 1 is 0.405 bits per heavy atom. The van der Waals surface area contributed by atoms with Crippen LogP contribution in [0.2, 0.25) is 0 Å². The minimum atomic E-state index is -1.80. The zero-order valence-electron chi connectivity index (χ0n) is 45.5. The van der Waals surface area contributed by atoms with Crippen LogP contribution < -0.4 is 0 Å². The lowest BCUT2D eigenvalue weighted by molar-refractivity contribution is -0.390. The van der Waals surface area contributed by atoms with Gasteiger partial charge in [0.25, 0.3) is 0 Å². The zero-order chi connectivity index (χ0) is 58.3. The average molecular weight is 1150 g/mol. The molecule has 0 aromatic rings. The van der Waals surface area contributed by atoms with Crippen molar-refractivity contribution in [1.82, 2.24) is 0 Å². The van der Waals surface area contributed by atoms with Gasteiger partial charge in [-0.25, -0.2) is 0 Å². The summed E-state index contributed by atoms with van der Waals surface area (Å²) in [5.41, 5.74) is 2.01. The Bertz CT molecular complexity index is 1890. The monoisotopic (exact) mass is 1150 g/mol. The maximum atomic E-state index is 11.4. The van der Waals surface area contributed by atoms with E-state index in [-0.39, 0.29) is 19.1 Å². The largest absolute Gasteiger partial charge is 0.394 e. The molecule has 28 nitrogen and oxygen atoms in total. The first-order valence-electron chi connectivity index (χ1n) is 27.1. The minimum absolute atomic E-state index is 0.0551. The highest BCUT2D eigenvalue weighted by Crippen LogP contribution is 2.37. The maximum Gasteiger partial charge on any atom is 0.187 e. The molecule has 6 rings (SSSR count). The van der Waals surface area contributed by atoms with E-state index in [4.69, 9.17) is 56.8 Å². The Morgan fingerprint density at radius 3 is 1.11 bits per heavy atom. The zero-order valence-corrected chi connectivity index (χ0v) is 45.5. The third-order valence-electron chi connectivity index (χ3n) is 15.5. The molecule has 6 aliphatic heterocycles. The molecule has 6 fully saturated rings. The van der Waals surface area contributed by atoms with E-state index in [1.54, 1.807) is 6.08 Å². The molecule has 16 N–H and O–H groups in total. The molecule has 0 aromatic heterocycles. The summed E-state index contributed by atoms with van der Waals surface area (Å²) in [5.74, 6) is -0.104. The Labute approximate surface area is 458 Å². The first-order chi connectivity index (χ1) is 37.3. The SMILES string of the molecule is C/C(=C\CO[C@@H]1O[C@H](CO)[C@@H](O)[C@H](O[C@@H]2O[C@@H](C)[C@H](O)[C@@H](O)[C@H]2O)[C@H]1O[C@@H]1O[C@@H](C)[C@H](O)[C@@H](O)[C@H]1O)CC/C=C(\C)CCC[C@H](C)CO[C@@H]1O[C@H](CO)[C@@H](O)[C@H](O[C@@H]2O[C@@H](C)[C@H](O)[C@@H](O)[C@H]2O)[C@H]1O[C@@H]1O[C@@H](C)[C@H](O)[C@@H](O)[C@H]1O. The predicted molar refractivity (Wildman–Crippen MR) is 264 cm³/mol. The number of allylic oxidation sites excluding steroid dienone is 3. The van der Waals surface area contributed by atoms with Crippen LogP contribution in [0.3, 0.4) is 0 Å². The van der Waals surface area contributed by atoms with Gasteiger partial charge in [0, 0.05) is 0 Å². The molecular formula is C51H88O28. The highest BCUT2D eigenvalue weighted by Gasteiger charge is 2.56. The van der Waals surface area contributed by atoms with Crippen molar-refractivity contribution in [2.45, 2.75) is 265 Å². The van der Waals surface area contributed by atoms with E-state index in [1.807, 2.05) is 20.8 Å². The molecule has 0 aliphatic carbocycles. The summed E-state index contributed by atoms with van der Waals surface area (Å²) in [7, 11) is 0. The van der Waals surface area contributed by atoms with Crippen molar-refractivity contribution in [2.75, 3.05) is 26.4 Å². The van der Waals surface area contributed by atoms with E-state index >= 15 is 0 Å². The number of hydrogen-bond donors (Lipinski definition) is 16. The molecule has 0 spiro atoms. The molecule has 0 unspecified atom stereocenters. The van der Waals surface area contributed by atoms with Gasteiger partial charge in [-0.2, -0.15) is 0 Å². The van der Waals surface area contributed by atoms with Gasteiger partial charge in [-0.05, 0) is 79.6 Å². The fraction of sp³-hybridized carbons (Fsp3) is 0.922. The lowest BCUT2D eigenvalue weighted by atomic mass is 9.96. The van der Waals surface area contributed by atoms with Gasteiger partial charge >= 0.3 is 0 Å². The standard InChI is InChI=1S/C51H88O28/c1-19(11-9-13-21(3)18-69-51-45(79-49-41(67)37(63)31(57)25(7)73-49)43(33(59)27(17-53)75-51)77-47-39(65)35(61)29(55)23(5)71-47)10-8-12-20(2)14-15-68-50-44(78-48-40(66)36(62)30(56)24(6)72-48)42(32(58)26(16-52)74-50)76-46-38(64)34(60)28(54)22(4)70-46/h10,14,21-67H,8-9,11-13,15-18H2,1-7H3/b19-10+,20-14+/t21-,22-,23-,24-,25-,26+,27+,28-,29-,30-,31-,32+,33+,34+,35+,36+,37+,38+,39+,40+,41+,42-,43-,44+,45+,46-,47-,48-,49-,50+,51+/m0/s1. The maximum absolute atomic E-state index is 11.4. The summed E-state index contributed by atoms with van der Waals surface area (Å²) in [6.45, 7) is 10.0. The van der Waals surface area contributed by atoms with Crippen LogP contribution in [0.5, 0.6) is 0 Å². The molecule has 0 aromatic carbocycles. The summed E-state index contributed by atoms with van der Waals surface area (Å²) in [6, 6.07) is 0. The van der Waals surface area contributed by atoms with Gasteiger partial charge in [-0.1, -0.05) is 30.2 Å². The molecule has 0 bridgehead atoms. The van der Waals surface area contributed by atoms with E-state index < -0.39 is 197 Å². The molecular weight excluding hydrogens is 1060 g/mol. The van der Waals surface area contributed by atoms with Crippen LogP contribution in [0, 0.1) is 5.92 Å². The number of aliphatic hydroxyl groups excluding tert-OH is 16. The Hall–Kier alpha value is -1.64. The molecule has 0 amide bonds. The van der Waals surface area contributed by atoms with E-state index in [0.717, 1.165) is 24.0 Å². The molecule has 6 heterocycles. The number of ether oxygens (including phenoxy) is 12. The van der Waals surface area contributed by atoms with E-state index in [1.165, 1.54) is 27.7 Å². The first kappa shape index (κ1) is 66.5. The normalized spacial score (nSPS) is 48.0. The lowest BCUT2D eigenvalue weighted by Crippen LogP contribution is -2.66. The fourth-order valence-electron chi connectivity index (χ4n) is 10.2. The molecule has 6 aliphatic rings. The van der Waals surface area contributed by atoms with Crippen molar-refractivity contribution in [2.24, 2.45) is 5.92 Å². The van der Waals surface area contributed by atoms with Crippen LogP contribution in [-0.4, -0.2) is 292 Å². The molecule has 460 valence electrons. The second kappa shape index (κ2) is 29.9. The van der Waals surface area contributed by atoms with Crippen LogP contribution in [0.1, 0.15) is 80.6 Å². The summed E-state index contributed by atoms with van der Waals surface area (Å²) in [4.78, 5) is 0. The van der Waals surface area contributed by atoms with Crippen LogP contribution in [0.15, 0.2) is 23.3 Å². The highest BCUT2D eigenvalue weighted by atomic mass is 16.8. The fourth-order valence-corrected chi connectivity index (χ4v) is 10.2. The second-order valence-electron chi connectivity index (χ2n) is 21.9. The molecule has 6 saturated heterocycles. The topological polar surface area (TPSA) is 434 Å². The van der Waals surface area contributed by atoms with Crippen LogP contribution in [0.25, 0.3) is 0 Å². The van der Waals surface area contributed by atoms with Crippen molar-refractivity contribution in [3.8, 4) is 0 Å². The first-order valence-corrected chi connectivity index (χ1v) is 27.1. The Kier molecular flexibility index (Phi) is 25.2. The van der Waals surface area contributed by atoms with Gasteiger partial charge in [-0.3, -0.25) is 0 Å².